The van der Waals surface area contributed by atoms with E-state index in [0.717, 1.165) is 15.7 Å². The van der Waals surface area contributed by atoms with Crippen LogP contribution in [0.5, 0.6) is 0 Å². The molecule has 0 aliphatic carbocycles. The van der Waals surface area contributed by atoms with Gasteiger partial charge in [-0.05, 0) is 6.92 Å². The first-order valence-corrected chi connectivity index (χ1v) is 9.34. The fourth-order valence-electron chi connectivity index (χ4n) is 1.75. The number of aromatic nitrogens is 1. The molecule has 0 atom stereocenters. The third kappa shape index (κ3) is 4.89. The molecular formula is C12H16N4O3S3. The Balaban J connectivity index is 1.82. The number of nitrogens with zero attached hydrogens (tertiary/aromatic N) is 2. The minimum atomic E-state index is -0.392. The third-order valence-corrected chi connectivity index (χ3v) is 6.15. The molecular weight excluding hydrogens is 344 g/mol. The average molecular weight is 360 g/mol. The highest BCUT2D eigenvalue weighted by Crippen LogP contribution is 2.31. The van der Waals surface area contributed by atoms with Crippen molar-refractivity contribution >= 4 is 57.0 Å². The zero-order valence-corrected chi connectivity index (χ0v) is 14.4. The van der Waals surface area contributed by atoms with E-state index in [1.54, 1.807) is 4.90 Å². The normalized spacial score (nSPS) is 14.4. The van der Waals surface area contributed by atoms with E-state index in [2.05, 4.69) is 10.3 Å². The summed E-state index contributed by atoms with van der Waals surface area (Å²) in [5.41, 5.74) is 5.87. The van der Waals surface area contributed by atoms with E-state index >= 15 is 0 Å². The van der Waals surface area contributed by atoms with Crippen molar-refractivity contribution in [1.82, 2.24) is 9.88 Å². The first kappa shape index (κ1) is 17.1. The number of primary amides is 1. The Bertz CT molecular complexity index is 590. The maximum Gasteiger partial charge on any atom is 0.281 e. The van der Waals surface area contributed by atoms with Crippen molar-refractivity contribution in [2.45, 2.75) is 17.6 Å². The van der Waals surface area contributed by atoms with Gasteiger partial charge in [0, 0.05) is 25.3 Å². The number of thiazole rings is 1. The second-order valence-corrected chi connectivity index (χ2v) is 7.84. The van der Waals surface area contributed by atoms with E-state index in [1.807, 2.05) is 6.92 Å². The van der Waals surface area contributed by atoms with Gasteiger partial charge in [-0.25, -0.2) is 4.98 Å². The lowest BCUT2D eigenvalue weighted by atomic mass is 10.4. The van der Waals surface area contributed by atoms with Crippen LogP contribution in [0.4, 0.5) is 9.93 Å². The molecule has 120 valence electrons. The highest BCUT2D eigenvalue weighted by molar-refractivity contribution is 8.13. The number of carbonyl (C=O) groups excluding carboxylic acids is 3. The maximum atomic E-state index is 11.9. The Labute approximate surface area is 140 Å². The Morgan fingerprint density at radius 1 is 1.50 bits per heavy atom. The van der Waals surface area contributed by atoms with Crippen LogP contribution in [-0.2, 0) is 9.59 Å². The van der Waals surface area contributed by atoms with Crippen molar-refractivity contribution in [3.63, 3.8) is 0 Å². The number of nitrogens with one attached hydrogen (secondary N) is 1. The number of aryl methyl sites for hydroxylation is 1. The molecule has 7 nitrogen and oxygen atoms in total. The van der Waals surface area contributed by atoms with Crippen LogP contribution >= 0.6 is 34.9 Å². The summed E-state index contributed by atoms with van der Waals surface area (Å²) in [6.45, 7) is 2.93. The van der Waals surface area contributed by atoms with Gasteiger partial charge in [0.05, 0.1) is 15.7 Å². The van der Waals surface area contributed by atoms with Crippen LogP contribution in [0, 0.1) is 6.92 Å². The van der Waals surface area contributed by atoms with Crippen LogP contribution in [-0.4, -0.2) is 51.5 Å². The molecule has 22 heavy (non-hydrogen) atoms. The molecule has 0 radical (unpaired) electrons. The van der Waals surface area contributed by atoms with Gasteiger partial charge in [-0.1, -0.05) is 23.1 Å². The first-order chi connectivity index (χ1) is 10.5. The fourth-order valence-corrected chi connectivity index (χ4v) is 4.50. The van der Waals surface area contributed by atoms with Gasteiger partial charge in [-0.15, -0.1) is 11.8 Å². The van der Waals surface area contributed by atoms with Crippen LogP contribution < -0.4 is 11.1 Å². The van der Waals surface area contributed by atoms with Gasteiger partial charge < -0.3 is 16.0 Å². The maximum absolute atomic E-state index is 11.9. The van der Waals surface area contributed by atoms with E-state index in [9.17, 15) is 14.4 Å². The van der Waals surface area contributed by atoms with Gasteiger partial charge in [-0.2, -0.15) is 0 Å². The van der Waals surface area contributed by atoms with Crippen LogP contribution in [0.25, 0.3) is 0 Å². The molecule has 0 spiro atoms. The molecule has 1 aromatic heterocycles. The highest BCUT2D eigenvalue weighted by Gasteiger charge is 2.21. The summed E-state index contributed by atoms with van der Waals surface area (Å²) >= 11 is 3.91. The molecule has 1 aliphatic rings. The molecule has 2 heterocycles. The largest absolute Gasteiger partial charge is 0.369 e. The minimum absolute atomic E-state index is 0.0306. The number of nitrogens with two attached hydrogens (primary N) is 1. The summed E-state index contributed by atoms with van der Waals surface area (Å²) in [7, 11) is 0. The fraction of sp³-hybridized carbons (Fsp3) is 0.500. The van der Waals surface area contributed by atoms with E-state index in [0.29, 0.717) is 18.2 Å². The number of hydrogen-bond donors (Lipinski definition) is 2. The molecule has 10 heteroatoms. The van der Waals surface area contributed by atoms with Crippen LogP contribution in [0.15, 0.2) is 4.21 Å². The van der Waals surface area contributed by atoms with Gasteiger partial charge >= 0.3 is 0 Å². The van der Waals surface area contributed by atoms with E-state index in [4.69, 9.17) is 5.73 Å². The third-order valence-electron chi connectivity index (χ3n) is 2.80. The summed E-state index contributed by atoms with van der Waals surface area (Å²) in [5.74, 6) is 0.402. The zero-order chi connectivity index (χ0) is 16.1. The Hall–Kier alpha value is -1.26. The SMILES string of the molecule is Cc1nc(NC(=O)CCN2CCSC2=O)sc1SCC(N)=O. The van der Waals surface area contributed by atoms with Gasteiger partial charge in [0.25, 0.3) is 5.24 Å². The van der Waals surface area contributed by atoms with Crippen LogP contribution in [0.3, 0.4) is 0 Å². The van der Waals surface area contributed by atoms with Gasteiger partial charge in [-0.3, -0.25) is 14.4 Å². The van der Waals surface area contributed by atoms with Crippen molar-refractivity contribution in [3.05, 3.63) is 5.69 Å². The Morgan fingerprint density at radius 3 is 2.91 bits per heavy atom. The number of amides is 3. The lowest BCUT2D eigenvalue weighted by molar-refractivity contribution is -0.116. The van der Waals surface area contributed by atoms with Gasteiger partial charge in [0.15, 0.2) is 5.13 Å². The highest BCUT2D eigenvalue weighted by atomic mass is 32.2. The number of thioether (sulfide) groups is 2. The molecule has 1 aliphatic heterocycles. The monoisotopic (exact) mass is 360 g/mol. The molecule has 1 saturated heterocycles. The summed E-state index contributed by atoms with van der Waals surface area (Å²) in [6.07, 6.45) is 0.245. The minimum Gasteiger partial charge on any atom is -0.369 e. The molecule has 3 amide bonds. The van der Waals surface area contributed by atoms with E-state index in [1.165, 1.54) is 34.9 Å². The van der Waals surface area contributed by atoms with Crippen LogP contribution in [0.1, 0.15) is 12.1 Å². The van der Waals surface area contributed by atoms with Gasteiger partial charge in [0.2, 0.25) is 11.8 Å². The summed E-state index contributed by atoms with van der Waals surface area (Å²) in [5, 5.41) is 3.25. The predicted molar refractivity (Wildman–Crippen MR) is 89.4 cm³/mol. The summed E-state index contributed by atoms with van der Waals surface area (Å²) in [4.78, 5) is 40.0. The number of carbonyl (C=O) groups is 3. The van der Waals surface area contributed by atoms with Crippen molar-refractivity contribution in [2.75, 3.05) is 29.9 Å². The molecule has 1 fully saturated rings. The summed E-state index contributed by atoms with van der Waals surface area (Å²) < 4.78 is 0.861. The lowest BCUT2D eigenvalue weighted by Gasteiger charge is -2.13. The standard InChI is InChI=1S/C12H16N4O3S3/c1-7-10(21-6-8(13)17)22-11(14-7)15-9(18)2-3-16-4-5-20-12(16)19/h2-6H2,1H3,(H2,13,17)(H,14,15,18). The molecule has 2 rings (SSSR count). The topological polar surface area (TPSA) is 105 Å². The second kappa shape index (κ2) is 7.84. The van der Waals surface area contributed by atoms with E-state index in [-0.39, 0.29) is 23.3 Å². The second-order valence-electron chi connectivity index (χ2n) is 4.55. The molecule has 0 bridgehead atoms. The predicted octanol–water partition coefficient (Wildman–Crippen LogP) is 1.53. The van der Waals surface area contributed by atoms with Crippen LogP contribution in [0.2, 0.25) is 0 Å². The van der Waals surface area contributed by atoms with Crippen molar-refractivity contribution < 1.29 is 14.4 Å². The van der Waals surface area contributed by atoms with Crippen molar-refractivity contribution in [1.29, 1.82) is 0 Å². The Kier molecular flexibility index (Phi) is 6.09. The van der Waals surface area contributed by atoms with Crippen molar-refractivity contribution in [2.24, 2.45) is 5.73 Å². The van der Waals surface area contributed by atoms with Crippen molar-refractivity contribution in [3.8, 4) is 0 Å². The number of rotatable bonds is 7. The average Bonchev–Trinajstić information content (AvgIpc) is 3.00. The first-order valence-electron chi connectivity index (χ1n) is 6.56. The molecule has 0 unspecified atom stereocenters. The molecule has 1 aromatic rings. The smallest absolute Gasteiger partial charge is 0.281 e. The number of anilines is 1. The molecule has 3 N–H and O–H groups in total. The quantitative estimate of drug-likeness (QED) is 0.714. The molecule has 0 aromatic carbocycles. The summed E-state index contributed by atoms with van der Waals surface area (Å²) in [6, 6.07) is 0. The lowest BCUT2D eigenvalue weighted by Crippen LogP contribution is -2.27. The number of hydrogen-bond acceptors (Lipinski definition) is 7. The molecule has 0 saturated carbocycles. The Morgan fingerprint density at radius 2 is 2.27 bits per heavy atom. The van der Waals surface area contributed by atoms with Gasteiger partial charge in [0.1, 0.15) is 0 Å². The zero-order valence-electron chi connectivity index (χ0n) is 12.0. The van der Waals surface area contributed by atoms with E-state index < -0.39 is 5.91 Å².